The van der Waals surface area contributed by atoms with Gasteiger partial charge in [0.15, 0.2) is 5.82 Å². The minimum absolute atomic E-state index is 0.255. The smallest absolute Gasteiger partial charge is 0.222 e. The fraction of sp³-hybridized carbons (Fsp3) is 0.333. The number of pyridine rings is 1. The first-order valence-corrected chi connectivity index (χ1v) is 6.95. The van der Waals surface area contributed by atoms with Gasteiger partial charge in [-0.2, -0.15) is 0 Å². The number of primary amides is 1. The van der Waals surface area contributed by atoms with E-state index in [0.717, 1.165) is 18.2 Å². The molecule has 1 amide bonds. The van der Waals surface area contributed by atoms with E-state index in [4.69, 9.17) is 11.5 Å². The van der Waals surface area contributed by atoms with Crippen LogP contribution >= 0.6 is 0 Å². The number of amides is 1. The second-order valence-corrected chi connectivity index (χ2v) is 5.38. The van der Waals surface area contributed by atoms with Crippen molar-refractivity contribution in [1.82, 2.24) is 4.98 Å². The Morgan fingerprint density at radius 3 is 3.05 bits per heavy atom. The second kappa shape index (κ2) is 5.20. The van der Waals surface area contributed by atoms with Crippen molar-refractivity contribution < 1.29 is 9.18 Å². The Labute approximate surface area is 121 Å². The molecule has 110 valence electrons. The first kappa shape index (κ1) is 13.6. The summed E-state index contributed by atoms with van der Waals surface area (Å²) in [5, 5.41) is 0.718. The highest BCUT2D eigenvalue weighted by Gasteiger charge is 2.27. The van der Waals surface area contributed by atoms with Gasteiger partial charge < -0.3 is 16.4 Å². The molecule has 1 unspecified atom stereocenters. The fourth-order valence-corrected chi connectivity index (χ4v) is 2.94. The van der Waals surface area contributed by atoms with Crippen molar-refractivity contribution in [2.75, 3.05) is 23.7 Å². The van der Waals surface area contributed by atoms with E-state index in [-0.39, 0.29) is 11.8 Å². The number of carbonyl (C=O) groups excluding carboxylic acids is 1. The number of nitrogen functional groups attached to an aromatic ring is 1. The van der Waals surface area contributed by atoms with Crippen LogP contribution in [0, 0.1) is 11.7 Å². The molecule has 1 aromatic heterocycles. The lowest BCUT2D eigenvalue weighted by molar-refractivity contribution is -0.122. The van der Waals surface area contributed by atoms with E-state index in [1.807, 2.05) is 11.0 Å². The quantitative estimate of drug-likeness (QED) is 0.823. The molecule has 2 aromatic rings. The molecular formula is C15H17FN4O. The topological polar surface area (TPSA) is 85.2 Å². The molecule has 0 bridgehead atoms. The molecule has 21 heavy (non-hydrogen) atoms. The number of hydrogen-bond donors (Lipinski definition) is 2. The summed E-state index contributed by atoms with van der Waals surface area (Å²) in [5.41, 5.74) is 12.5. The summed E-state index contributed by atoms with van der Waals surface area (Å²) < 4.78 is 14.4. The van der Waals surface area contributed by atoms with Gasteiger partial charge in [0, 0.05) is 30.4 Å². The Morgan fingerprint density at radius 2 is 2.29 bits per heavy atom. The Kier molecular flexibility index (Phi) is 3.37. The summed E-state index contributed by atoms with van der Waals surface area (Å²) in [6.07, 6.45) is 3.15. The van der Waals surface area contributed by atoms with Crippen molar-refractivity contribution in [3.05, 3.63) is 30.2 Å². The zero-order chi connectivity index (χ0) is 15.0. The van der Waals surface area contributed by atoms with Crippen LogP contribution in [0.4, 0.5) is 15.8 Å². The molecule has 1 fully saturated rings. The predicted octanol–water partition coefficient (Wildman–Crippen LogP) is 1.66. The predicted molar refractivity (Wildman–Crippen MR) is 80.2 cm³/mol. The number of piperidine rings is 1. The number of aromatic nitrogens is 1. The zero-order valence-corrected chi connectivity index (χ0v) is 11.6. The van der Waals surface area contributed by atoms with Crippen LogP contribution in [0.15, 0.2) is 24.4 Å². The number of rotatable bonds is 2. The lowest BCUT2D eigenvalue weighted by Gasteiger charge is -2.33. The van der Waals surface area contributed by atoms with Gasteiger partial charge >= 0.3 is 0 Å². The van der Waals surface area contributed by atoms with Crippen molar-refractivity contribution in [1.29, 1.82) is 0 Å². The van der Waals surface area contributed by atoms with Gasteiger partial charge in [-0.25, -0.2) is 4.39 Å². The van der Waals surface area contributed by atoms with E-state index in [1.54, 1.807) is 12.3 Å². The maximum Gasteiger partial charge on any atom is 0.222 e. The average Bonchev–Trinajstić information content (AvgIpc) is 2.47. The third kappa shape index (κ3) is 2.37. The highest BCUT2D eigenvalue weighted by Crippen LogP contribution is 2.34. The third-order valence-corrected chi connectivity index (χ3v) is 3.99. The van der Waals surface area contributed by atoms with Crippen LogP contribution in [-0.2, 0) is 4.79 Å². The number of carbonyl (C=O) groups is 1. The number of nitrogens with two attached hydrogens (primary N) is 2. The van der Waals surface area contributed by atoms with Crippen LogP contribution in [0.1, 0.15) is 12.8 Å². The van der Waals surface area contributed by atoms with Crippen LogP contribution in [0.5, 0.6) is 0 Å². The molecule has 6 heteroatoms. The van der Waals surface area contributed by atoms with Crippen molar-refractivity contribution in [3.8, 4) is 0 Å². The van der Waals surface area contributed by atoms with Gasteiger partial charge in [0.2, 0.25) is 5.91 Å². The molecule has 1 saturated heterocycles. The van der Waals surface area contributed by atoms with E-state index in [0.29, 0.717) is 30.0 Å². The molecule has 0 aliphatic carbocycles. The summed E-state index contributed by atoms with van der Waals surface area (Å²) in [6.45, 7) is 1.10. The number of fused-ring (bicyclic) bond motifs is 1. The summed E-state index contributed by atoms with van der Waals surface area (Å²) in [6, 6.07) is 4.89. The molecule has 0 saturated carbocycles. The molecule has 0 spiro atoms. The van der Waals surface area contributed by atoms with Gasteiger partial charge in [0.1, 0.15) is 0 Å². The van der Waals surface area contributed by atoms with Gasteiger partial charge in [-0.1, -0.05) is 0 Å². The van der Waals surface area contributed by atoms with E-state index < -0.39 is 5.82 Å². The molecule has 1 aliphatic rings. The Hall–Kier alpha value is -2.37. The number of nitrogens with zero attached hydrogens (tertiary/aromatic N) is 2. The van der Waals surface area contributed by atoms with Gasteiger partial charge in [-0.3, -0.25) is 9.78 Å². The first-order chi connectivity index (χ1) is 10.1. The minimum Gasteiger partial charge on any atom is -0.398 e. The monoisotopic (exact) mass is 288 g/mol. The maximum atomic E-state index is 14.4. The van der Waals surface area contributed by atoms with Gasteiger partial charge in [0.25, 0.3) is 0 Å². The minimum atomic E-state index is -0.413. The number of benzene rings is 1. The third-order valence-electron chi connectivity index (χ3n) is 3.99. The maximum absolute atomic E-state index is 14.4. The molecule has 1 atom stereocenters. The number of halogens is 1. The first-order valence-electron chi connectivity index (χ1n) is 6.95. The molecule has 1 aromatic carbocycles. The average molecular weight is 288 g/mol. The SMILES string of the molecule is NC(=O)C1CCCN(c2c(F)cc(N)c3cccnc23)C1. The van der Waals surface area contributed by atoms with Crippen LogP contribution < -0.4 is 16.4 Å². The van der Waals surface area contributed by atoms with Crippen molar-refractivity contribution >= 4 is 28.2 Å². The Morgan fingerprint density at radius 1 is 1.48 bits per heavy atom. The van der Waals surface area contributed by atoms with Crippen molar-refractivity contribution in [3.63, 3.8) is 0 Å². The summed E-state index contributed by atoms with van der Waals surface area (Å²) in [7, 11) is 0. The van der Waals surface area contributed by atoms with Crippen LogP contribution in [-0.4, -0.2) is 24.0 Å². The highest BCUT2D eigenvalue weighted by atomic mass is 19.1. The standard InChI is InChI=1S/C15H17FN4O/c16-11-7-12(17)10-4-1-5-19-13(10)14(11)20-6-2-3-9(8-20)15(18)21/h1,4-5,7,9H,2-3,6,8,17H2,(H2,18,21). The molecule has 3 rings (SSSR count). The largest absolute Gasteiger partial charge is 0.398 e. The van der Waals surface area contributed by atoms with E-state index in [2.05, 4.69) is 4.98 Å². The molecule has 1 aliphatic heterocycles. The van der Waals surface area contributed by atoms with Crippen LogP contribution in [0.3, 0.4) is 0 Å². The van der Waals surface area contributed by atoms with E-state index >= 15 is 0 Å². The van der Waals surface area contributed by atoms with E-state index in [9.17, 15) is 9.18 Å². The van der Waals surface area contributed by atoms with E-state index in [1.165, 1.54) is 6.07 Å². The molecule has 0 radical (unpaired) electrons. The molecule has 5 nitrogen and oxygen atoms in total. The Bertz CT molecular complexity index is 703. The lowest BCUT2D eigenvalue weighted by Crippen LogP contribution is -2.41. The normalized spacial score (nSPS) is 18.9. The number of anilines is 2. The molecule has 2 heterocycles. The van der Waals surface area contributed by atoms with Gasteiger partial charge in [-0.05, 0) is 31.0 Å². The summed E-state index contributed by atoms with van der Waals surface area (Å²) in [4.78, 5) is 17.5. The zero-order valence-electron chi connectivity index (χ0n) is 11.6. The van der Waals surface area contributed by atoms with Crippen LogP contribution in [0.25, 0.3) is 10.9 Å². The van der Waals surface area contributed by atoms with Gasteiger partial charge in [-0.15, -0.1) is 0 Å². The Balaban J connectivity index is 2.09. The van der Waals surface area contributed by atoms with Gasteiger partial charge in [0.05, 0.1) is 17.1 Å². The fourth-order valence-electron chi connectivity index (χ4n) is 2.94. The summed E-state index contributed by atoms with van der Waals surface area (Å²) >= 11 is 0. The summed E-state index contributed by atoms with van der Waals surface area (Å²) in [5.74, 6) is -1.01. The lowest BCUT2D eigenvalue weighted by atomic mass is 9.96. The number of hydrogen-bond acceptors (Lipinski definition) is 4. The van der Waals surface area contributed by atoms with Crippen molar-refractivity contribution in [2.24, 2.45) is 11.7 Å². The van der Waals surface area contributed by atoms with Crippen molar-refractivity contribution in [2.45, 2.75) is 12.8 Å². The highest BCUT2D eigenvalue weighted by molar-refractivity contribution is 5.99. The van der Waals surface area contributed by atoms with Crippen LogP contribution in [0.2, 0.25) is 0 Å². The second-order valence-electron chi connectivity index (χ2n) is 5.38. The molecule has 4 N–H and O–H groups in total. The molecular weight excluding hydrogens is 271 g/mol.